The number of aromatic nitrogens is 2. The molecule has 5 nitrogen and oxygen atoms in total. The molecule has 2 saturated carbocycles. The summed E-state index contributed by atoms with van der Waals surface area (Å²) < 4.78 is 2.48. The molecule has 2 saturated heterocycles. The molecule has 0 radical (unpaired) electrons. The van der Waals surface area contributed by atoms with Crippen molar-refractivity contribution in [3.05, 3.63) is 30.1 Å². The molecule has 0 amide bonds. The van der Waals surface area contributed by atoms with Crippen molar-refractivity contribution in [3.63, 3.8) is 0 Å². The van der Waals surface area contributed by atoms with Crippen LogP contribution in [0.5, 0.6) is 0 Å². The van der Waals surface area contributed by atoms with Crippen molar-refractivity contribution in [2.24, 2.45) is 17.0 Å². The van der Waals surface area contributed by atoms with E-state index in [4.69, 9.17) is 9.82 Å². The van der Waals surface area contributed by atoms with E-state index >= 15 is 0 Å². The molecule has 5 heteroatoms. The van der Waals surface area contributed by atoms with Crippen molar-refractivity contribution >= 4 is 17.2 Å². The molecule has 4 bridgehead atoms. The Bertz CT molecular complexity index is 942. The number of rotatable bonds is 5. The van der Waals surface area contributed by atoms with E-state index in [1.165, 1.54) is 76.1 Å². The fourth-order valence-corrected chi connectivity index (χ4v) is 7.83. The SMILES string of the molecule is CCO/N=C/c1nc2ccccc2n1C1C[C@H]2CCC[C@@H](C1)N2C1C[C@H]2CCC[C@@H](C1)C2. The van der Waals surface area contributed by atoms with Gasteiger partial charge in [0, 0.05) is 24.2 Å². The van der Waals surface area contributed by atoms with Crippen LogP contribution in [0.15, 0.2) is 29.4 Å². The van der Waals surface area contributed by atoms with Gasteiger partial charge < -0.3 is 9.40 Å². The van der Waals surface area contributed by atoms with Gasteiger partial charge in [0.15, 0.2) is 5.82 Å². The van der Waals surface area contributed by atoms with Gasteiger partial charge in [-0.3, -0.25) is 4.90 Å². The van der Waals surface area contributed by atoms with Gasteiger partial charge in [0.05, 0.1) is 11.0 Å². The highest BCUT2D eigenvalue weighted by atomic mass is 16.6. The van der Waals surface area contributed by atoms with Crippen LogP contribution in [0.2, 0.25) is 0 Å². The fourth-order valence-electron chi connectivity index (χ4n) is 7.83. The Kier molecular flexibility index (Phi) is 5.70. The van der Waals surface area contributed by atoms with E-state index in [-0.39, 0.29) is 0 Å². The maximum atomic E-state index is 5.29. The second kappa shape index (κ2) is 8.81. The first-order valence-electron chi connectivity index (χ1n) is 13.2. The second-order valence-corrected chi connectivity index (χ2v) is 10.8. The number of para-hydroxylation sites is 2. The molecule has 0 spiro atoms. The smallest absolute Gasteiger partial charge is 0.155 e. The van der Waals surface area contributed by atoms with E-state index in [9.17, 15) is 0 Å². The molecule has 172 valence electrons. The summed E-state index contributed by atoms with van der Waals surface area (Å²) >= 11 is 0. The van der Waals surface area contributed by atoms with Crippen LogP contribution in [0.1, 0.15) is 89.4 Å². The van der Waals surface area contributed by atoms with Gasteiger partial charge in [0.2, 0.25) is 0 Å². The maximum Gasteiger partial charge on any atom is 0.155 e. The molecule has 32 heavy (non-hydrogen) atoms. The monoisotopic (exact) mass is 434 g/mol. The number of fused-ring (bicyclic) bond motifs is 5. The maximum absolute atomic E-state index is 5.29. The lowest BCUT2D eigenvalue weighted by atomic mass is 9.68. The molecule has 1 aromatic carbocycles. The van der Waals surface area contributed by atoms with Crippen molar-refractivity contribution in [1.82, 2.24) is 14.5 Å². The van der Waals surface area contributed by atoms with Crippen LogP contribution in [-0.2, 0) is 4.84 Å². The number of hydrogen-bond donors (Lipinski definition) is 0. The first-order chi connectivity index (χ1) is 15.8. The highest BCUT2D eigenvalue weighted by Gasteiger charge is 2.45. The van der Waals surface area contributed by atoms with Crippen molar-refractivity contribution in [3.8, 4) is 0 Å². The number of piperidine rings is 2. The van der Waals surface area contributed by atoms with E-state index in [0.717, 1.165) is 41.3 Å². The van der Waals surface area contributed by atoms with Gasteiger partial charge in [-0.25, -0.2) is 4.98 Å². The molecule has 6 rings (SSSR count). The quantitative estimate of drug-likeness (QED) is 0.432. The van der Waals surface area contributed by atoms with Gasteiger partial charge in [0.1, 0.15) is 12.8 Å². The number of nitrogens with zero attached hydrogens (tertiary/aromatic N) is 4. The lowest BCUT2D eigenvalue weighted by Crippen LogP contribution is -2.58. The van der Waals surface area contributed by atoms with Gasteiger partial charge in [-0.1, -0.05) is 43.0 Å². The lowest BCUT2D eigenvalue weighted by Gasteiger charge is -2.55. The van der Waals surface area contributed by atoms with Crippen LogP contribution in [0.25, 0.3) is 11.0 Å². The average Bonchev–Trinajstić information content (AvgIpc) is 3.16. The molecule has 1 aromatic heterocycles. The molecule has 2 unspecified atom stereocenters. The molecular weight excluding hydrogens is 396 g/mol. The molecule has 4 fully saturated rings. The Morgan fingerprint density at radius 3 is 2.38 bits per heavy atom. The van der Waals surface area contributed by atoms with E-state index in [2.05, 4.69) is 38.9 Å². The summed E-state index contributed by atoms with van der Waals surface area (Å²) in [5, 5.41) is 4.19. The van der Waals surface area contributed by atoms with Crippen molar-refractivity contribution in [1.29, 1.82) is 0 Å². The first kappa shape index (κ1) is 20.7. The van der Waals surface area contributed by atoms with Crippen LogP contribution in [0, 0.1) is 11.8 Å². The summed E-state index contributed by atoms with van der Waals surface area (Å²) in [7, 11) is 0. The average molecular weight is 435 g/mol. The Balaban J connectivity index is 1.29. The van der Waals surface area contributed by atoms with Gasteiger partial charge in [0.25, 0.3) is 0 Å². The summed E-state index contributed by atoms with van der Waals surface area (Å²) in [4.78, 5) is 13.3. The standard InChI is InChI=1S/C27H38N4O/c1-2-32-28-18-27-29-25-11-3-4-12-26(25)31(27)24-16-21-9-6-10-22(17-24)30(21)23-14-19-7-5-8-20(13-19)15-23/h3-4,11-12,18-24H,2,5-10,13-17H2,1H3/b28-18+/t19-,20+,21-,22+,23?,24?. The van der Waals surface area contributed by atoms with Crippen LogP contribution < -0.4 is 0 Å². The summed E-state index contributed by atoms with van der Waals surface area (Å²) in [6, 6.07) is 11.4. The second-order valence-electron chi connectivity index (χ2n) is 10.8. The minimum absolute atomic E-state index is 0.500. The molecule has 2 aromatic rings. The van der Waals surface area contributed by atoms with Gasteiger partial charge in [-0.2, -0.15) is 0 Å². The third-order valence-electron chi connectivity index (χ3n) is 8.89. The Labute approximate surface area is 192 Å². The van der Waals surface area contributed by atoms with E-state index in [0.29, 0.717) is 12.6 Å². The molecule has 6 atom stereocenters. The van der Waals surface area contributed by atoms with Crippen LogP contribution in [-0.4, -0.2) is 45.4 Å². The minimum Gasteiger partial charge on any atom is -0.396 e. The predicted molar refractivity (Wildman–Crippen MR) is 129 cm³/mol. The van der Waals surface area contributed by atoms with Crippen molar-refractivity contribution < 1.29 is 4.84 Å². The molecule has 2 aliphatic carbocycles. The number of benzene rings is 1. The Morgan fingerprint density at radius 2 is 1.62 bits per heavy atom. The normalized spacial score (nSPS) is 35.4. The molecule has 2 aliphatic heterocycles. The zero-order valence-electron chi connectivity index (χ0n) is 19.5. The molecule has 4 aliphatic rings. The zero-order chi connectivity index (χ0) is 21.5. The topological polar surface area (TPSA) is 42.7 Å². The lowest BCUT2D eigenvalue weighted by molar-refractivity contribution is -0.0483. The van der Waals surface area contributed by atoms with Gasteiger partial charge in [-0.05, 0) is 75.8 Å². The predicted octanol–water partition coefficient (Wildman–Crippen LogP) is 5.93. The largest absolute Gasteiger partial charge is 0.396 e. The van der Waals surface area contributed by atoms with Crippen molar-refractivity contribution in [2.45, 2.75) is 102 Å². The summed E-state index contributed by atoms with van der Waals surface area (Å²) in [6.07, 6.45) is 17.4. The number of imidazole rings is 1. The third kappa shape index (κ3) is 3.76. The van der Waals surface area contributed by atoms with Gasteiger partial charge >= 0.3 is 0 Å². The summed E-state index contributed by atoms with van der Waals surface area (Å²) in [5.41, 5.74) is 2.31. The van der Waals surface area contributed by atoms with Crippen LogP contribution in [0.3, 0.4) is 0 Å². The summed E-state index contributed by atoms with van der Waals surface area (Å²) in [6.45, 7) is 2.55. The van der Waals surface area contributed by atoms with Gasteiger partial charge in [-0.15, -0.1) is 0 Å². The van der Waals surface area contributed by atoms with E-state index in [1.54, 1.807) is 0 Å². The highest BCUT2D eigenvalue weighted by molar-refractivity contribution is 5.85. The fraction of sp³-hybridized carbons (Fsp3) is 0.704. The van der Waals surface area contributed by atoms with E-state index < -0.39 is 0 Å². The summed E-state index contributed by atoms with van der Waals surface area (Å²) in [5.74, 6) is 2.96. The number of hydrogen-bond acceptors (Lipinski definition) is 4. The third-order valence-corrected chi connectivity index (χ3v) is 8.89. The minimum atomic E-state index is 0.500. The Hall–Kier alpha value is -1.88. The molecule has 0 N–H and O–H groups in total. The Morgan fingerprint density at radius 1 is 0.906 bits per heavy atom. The van der Waals surface area contributed by atoms with Crippen LogP contribution >= 0.6 is 0 Å². The molecular formula is C27H38N4O. The zero-order valence-corrected chi connectivity index (χ0v) is 19.5. The van der Waals surface area contributed by atoms with Crippen LogP contribution in [0.4, 0.5) is 0 Å². The van der Waals surface area contributed by atoms with E-state index in [1.807, 2.05) is 13.1 Å². The number of oxime groups is 1. The first-order valence-corrected chi connectivity index (χ1v) is 13.2. The highest BCUT2D eigenvalue weighted by Crippen LogP contribution is 2.47. The van der Waals surface area contributed by atoms with Crippen molar-refractivity contribution in [2.75, 3.05) is 6.61 Å². The molecule has 3 heterocycles.